The molecule has 5 heteroatoms. The second-order valence-electron chi connectivity index (χ2n) is 6.04. The molecule has 27 heavy (non-hydrogen) atoms. The van der Waals surface area contributed by atoms with Crippen molar-refractivity contribution in [2.24, 2.45) is 0 Å². The molecule has 0 fully saturated rings. The highest BCUT2D eigenvalue weighted by molar-refractivity contribution is 6.42. The van der Waals surface area contributed by atoms with E-state index >= 15 is 0 Å². The summed E-state index contributed by atoms with van der Waals surface area (Å²) in [5, 5.41) is 1.71. The summed E-state index contributed by atoms with van der Waals surface area (Å²) in [4.78, 5) is 12.8. The number of carbonyl (C=O) groups excluding carboxylic acids is 1. The van der Waals surface area contributed by atoms with Gasteiger partial charge in [0.15, 0.2) is 5.78 Å². The first-order chi connectivity index (χ1) is 13.1. The van der Waals surface area contributed by atoms with Crippen molar-refractivity contribution in [2.75, 3.05) is 0 Å². The van der Waals surface area contributed by atoms with Gasteiger partial charge in [-0.3, -0.25) is 4.79 Å². The van der Waals surface area contributed by atoms with Crippen LogP contribution in [0.5, 0.6) is 5.75 Å². The first-order valence-corrected chi connectivity index (χ1v) is 9.05. The summed E-state index contributed by atoms with van der Waals surface area (Å²) in [6, 6.07) is 19.9. The van der Waals surface area contributed by atoms with Crippen molar-refractivity contribution in [3.05, 3.63) is 99.7 Å². The Hall–Kier alpha value is -2.75. The number of furan rings is 1. The van der Waals surface area contributed by atoms with Gasteiger partial charge >= 0.3 is 0 Å². The van der Waals surface area contributed by atoms with Crippen molar-refractivity contribution in [3.63, 3.8) is 0 Å². The van der Waals surface area contributed by atoms with E-state index in [0.29, 0.717) is 39.1 Å². The molecular weight excluding hydrogens is 383 g/mol. The van der Waals surface area contributed by atoms with Gasteiger partial charge in [-0.2, -0.15) is 0 Å². The molecule has 0 unspecified atom stereocenters. The smallest absolute Gasteiger partial charge is 0.196 e. The monoisotopic (exact) mass is 396 g/mol. The Bertz CT molecular complexity index is 1120. The number of rotatable bonds is 5. The maximum absolute atomic E-state index is 12.8. The number of benzene rings is 3. The summed E-state index contributed by atoms with van der Waals surface area (Å²) in [6.45, 7) is 0.336. The molecule has 0 radical (unpaired) electrons. The van der Waals surface area contributed by atoms with Crippen LogP contribution in [0.2, 0.25) is 10.0 Å². The standard InChI is InChI=1S/C22H14Cl2O3/c23-19-8-6-14(10-20(19)24)12-26-16-7-9-21-17(11-16)18(13-27-21)22(25)15-4-2-1-3-5-15/h1-11,13H,12H2. The van der Waals surface area contributed by atoms with Crippen molar-refractivity contribution in [2.45, 2.75) is 6.61 Å². The van der Waals surface area contributed by atoms with Crippen LogP contribution in [0.25, 0.3) is 11.0 Å². The second kappa shape index (κ2) is 7.47. The van der Waals surface area contributed by atoms with E-state index in [0.717, 1.165) is 10.9 Å². The van der Waals surface area contributed by atoms with Gasteiger partial charge in [-0.1, -0.05) is 59.6 Å². The van der Waals surface area contributed by atoms with Gasteiger partial charge in [0, 0.05) is 10.9 Å². The third kappa shape index (κ3) is 3.70. The van der Waals surface area contributed by atoms with Crippen molar-refractivity contribution < 1.29 is 13.9 Å². The van der Waals surface area contributed by atoms with Crippen molar-refractivity contribution in [1.29, 1.82) is 0 Å². The Morgan fingerprint density at radius 2 is 1.74 bits per heavy atom. The van der Waals surface area contributed by atoms with E-state index in [4.69, 9.17) is 32.4 Å². The molecule has 1 aromatic heterocycles. The molecule has 0 saturated heterocycles. The average Bonchev–Trinajstić information content (AvgIpc) is 3.12. The molecule has 1 heterocycles. The number of halogens is 2. The van der Waals surface area contributed by atoms with Crippen LogP contribution >= 0.6 is 23.2 Å². The zero-order valence-electron chi connectivity index (χ0n) is 14.1. The molecule has 0 bridgehead atoms. The highest BCUT2D eigenvalue weighted by Crippen LogP contribution is 2.29. The molecule has 4 rings (SSSR count). The van der Waals surface area contributed by atoms with Crippen molar-refractivity contribution in [1.82, 2.24) is 0 Å². The highest BCUT2D eigenvalue weighted by atomic mass is 35.5. The molecule has 0 saturated carbocycles. The maximum Gasteiger partial charge on any atom is 0.196 e. The van der Waals surface area contributed by atoms with Crippen LogP contribution in [0, 0.1) is 0 Å². The van der Waals surface area contributed by atoms with Gasteiger partial charge < -0.3 is 9.15 Å². The van der Waals surface area contributed by atoms with Crippen LogP contribution in [0.4, 0.5) is 0 Å². The minimum Gasteiger partial charge on any atom is -0.489 e. The SMILES string of the molecule is O=C(c1ccccc1)c1coc2ccc(OCc3ccc(Cl)c(Cl)c3)cc12. The lowest BCUT2D eigenvalue weighted by atomic mass is 10.0. The van der Waals surface area contributed by atoms with Crippen LogP contribution in [0.15, 0.2) is 77.4 Å². The van der Waals surface area contributed by atoms with E-state index in [1.54, 1.807) is 36.4 Å². The Morgan fingerprint density at radius 3 is 2.52 bits per heavy atom. The van der Waals surface area contributed by atoms with Gasteiger partial charge in [-0.05, 0) is 35.9 Å². The Balaban J connectivity index is 1.60. The van der Waals surface area contributed by atoms with Gasteiger partial charge in [0.1, 0.15) is 24.2 Å². The second-order valence-corrected chi connectivity index (χ2v) is 6.85. The minimum absolute atomic E-state index is 0.0871. The summed E-state index contributed by atoms with van der Waals surface area (Å²) in [5.74, 6) is 0.549. The van der Waals surface area contributed by atoms with Crippen LogP contribution in [0.3, 0.4) is 0 Å². The van der Waals surface area contributed by atoms with Crippen LogP contribution in [0.1, 0.15) is 21.5 Å². The summed E-state index contributed by atoms with van der Waals surface area (Å²) in [6.07, 6.45) is 1.49. The summed E-state index contributed by atoms with van der Waals surface area (Å²) in [7, 11) is 0. The zero-order chi connectivity index (χ0) is 18.8. The fourth-order valence-electron chi connectivity index (χ4n) is 2.81. The molecule has 0 amide bonds. The third-order valence-corrected chi connectivity index (χ3v) is 4.95. The van der Waals surface area contributed by atoms with E-state index in [9.17, 15) is 4.79 Å². The van der Waals surface area contributed by atoms with E-state index in [2.05, 4.69) is 0 Å². The van der Waals surface area contributed by atoms with Crippen molar-refractivity contribution >= 4 is 40.0 Å². The van der Waals surface area contributed by atoms with E-state index in [1.165, 1.54) is 6.26 Å². The predicted molar refractivity (Wildman–Crippen MR) is 107 cm³/mol. The Labute approximate surface area is 166 Å². The number of ether oxygens (including phenoxy) is 1. The van der Waals surface area contributed by atoms with E-state index in [-0.39, 0.29) is 5.78 Å². The topological polar surface area (TPSA) is 39.4 Å². The van der Waals surface area contributed by atoms with Gasteiger partial charge in [-0.25, -0.2) is 0 Å². The molecule has 0 aliphatic heterocycles. The van der Waals surface area contributed by atoms with E-state index < -0.39 is 0 Å². The van der Waals surface area contributed by atoms with Crippen LogP contribution in [-0.2, 0) is 6.61 Å². The normalized spacial score (nSPS) is 10.9. The number of carbonyl (C=O) groups is 1. The minimum atomic E-state index is -0.0871. The molecule has 0 aliphatic carbocycles. The molecule has 134 valence electrons. The summed E-state index contributed by atoms with van der Waals surface area (Å²) in [5.41, 5.74) is 2.66. The Morgan fingerprint density at radius 1 is 0.926 bits per heavy atom. The molecule has 3 nitrogen and oxygen atoms in total. The third-order valence-electron chi connectivity index (χ3n) is 4.22. The van der Waals surface area contributed by atoms with Gasteiger partial charge in [0.05, 0.1) is 15.6 Å². The number of hydrogen-bond donors (Lipinski definition) is 0. The lowest BCUT2D eigenvalue weighted by Crippen LogP contribution is -2.00. The van der Waals surface area contributed by atoms with E-state index in [1.807, 2.05) is 30.3 Å². The number of fused-ring (bicyclic) bond motifs is 1. The molecule has 0 atom stereocenters. The fraction of sp³-hybridized carbons (Fsp3) is 0.0455. The molecule has 0 spiro atoms. The van der Waals surface area contributed by atoms with Crippen molar-refractivity contribution in [3.8, 4) is 5.75 Å². The molecule has 0 aliphatic rings. The fourth-order valence-corrected chi connectivity index (χ4v) is 3.14. The summed E-state index contributed by atoms with van der Waals surface area (Å²) >= 11 is 12.0. The molecule has 3 aromatic carbocycles. The first-order valence-electron chi connectivity index (χ1n) is 8.29. The first kappa shape index (κ1) is 17.7. The van der Waals surface area contributed by atoms with Gasteiger partial charge in [-0.15, -0.1) is 0 Å². The average molecular weight is 397 g/mol. The van der Waals surface area contributed by atoms with Gasteiger partial charge in [0.25, 0.3) is 0 Å². The van der Waals surface area contributed by atoms with Gasteiger partial charge in [0.2, 0.25) is 0 Å². The number of ketones is 1. The number of hydrogen-bond acceptors (Lipinski definition) is 3. The quantitative estimate of drug-likeness (QED) is 0.359. The highest BCUT2D eigenvalue weighted by Gasteiger charge is 2.16. The van der Waals surface area contributed by atoms with Crippen LogP contribution < -0.4 is 4.74 Å². The lowest BCUT2D eigenvalue weighted by Gasteiger charge is -2.07. The summed E-state index contributed by atoms with van der Waals surface area (Å²) < 4.78 is 11.4. The Kier molecular flexibility index (Phi) is 4.88. The molecule has 4 aromatic rings. The zero-order valence-corrected chi connectivity index (χ0v) is 15.6. The molecular formula is C22H14Cl2O3. The predicted octanol–water partition coefficient (Wildman–Crippen LogP) is 6.55. The van der Waals surface area contributed by atoms with Crippen LogP contribution in [-0.4, -0.2) is 5.78 Å². The largest absolute Gasteiger partial charge is 0.489 e. The molecule has 0 N–H and O–H groups in total. The lowest BCUT2D eigenvalue weighted by molar-refractivity contribution is 0.103. The maximum atomic E-state index is 12.8.